The second kappa shape index (κ2) is 7.59. The average Bonchev–Trinajstić information content (AvgIpc) is 3.33. The van der Waals surface area contributed by atoms with Gasteiger partial charge in [-0.25, -0.2) is 0 Å². The molecule has 0 aliphatic heterocycles. The summed E-state index contributed by atoms with van der Waals surface area (Å²) in [6, 6.07) is 3.95. The number of nitro benzene ring substituents is 1. The second-order valence-electron chi connectivity index (χ2n) is 6.98. The van der Waals surface area contributed by atoms with E-state index in [-0.39, 0.29) is 34.9 Å². The highest BCUT2D eigenvalue weighted by atomic mass is 35.5. The highest BCUT2D eigenvalue weighted by Gasteiger charge is 2.38. The van der Waals surface area contributed by atoms with Crippen molar-refractivity contribution in [3.05, 3.63) is 38.9 Å². The summed E-state index contributed by atoms with van der Waals surface area (Å²) in [6.45, 7) is 0.783. The molecule has 1 amide bonds. The van der Waals surface area contributed by atoms with Crippen LogP contribution < -0.4 is 5.32 Å². The van der Waals surface area contributed by atoms with Gasteiger partial charge in [0.25, 0.3) is 11.6 Å². The van der Waals surface area contributed by atoms with Crippen LogP contribution in [-0.4, -0.2) is 52.0 Å². The van der Waals surface area contributed by atoms with E-state index in [1.165, 1.54) is 12.1 Å². The van der Waals surface area contributed by atoms with E-state index < -0.39 is 16.8 Å². The molecular weight excluding hydrogens is 362 g/mol. The SMILES string of the molecule is O=C(O)CN(CC1CC1)C1CC(NC(=O)c2ccc(Cl)cc2[N+](=O)[O-])C1. The van der Waals surface area contributed by atoms with Crippen molar-refractivity contribution in [2.75, 3.05) is 13.1 Å². The van der Waals surface area contributed by atoms with E-state index in [9.17, 15) is 19.7 Å². The number of nitrogens with one attached hydrogen (secondary N) is 1. The van der Waals surface area contributed by atoms with Gasteiger partial charge in [-0.2, -0.15) is 0 Å². The van der Waals surface area contributed by atoms with Crippen LogP contribution in [0.2, 0.25) is 5.02 Å². The quantitative estimate of drug-likeness (QED) is 0.527. The Balaban J connectivity index is 1.57. The summed E-state index contributed by atoms with van der Waals surface area (Å²) in [6.07, 6.45) is 3.58. The fourth-order valence-electron chi connectivity index (χ4n) is 3.26. The summed E-state index contributed by atoms with van der Waals surface area (Å²) in [5.41, 5.74) is -0.352. The summed E-state index contributed by atoms with van der Waals surface area (Å²) >= 11 is 5.76. The molecule has 140 valence electrons. The average molecular weight is 382 g/mol. The Morgan fingerprint density at radius 1 is 1.35 bits per heavy atom. The van der Waals surface area contributed by atoms with Gasteiger partial charge < -0.3 is 10.4 Å². The van der Waals surface area contributed by atoms with E-state index in [2.05, 4.69) is 5.32 Å². The van der Waals surface area contributed by atoms with E-state index in [1.54, 1.807) is 0 Å². The highest BCUT2D eigenvalue weighted by molar-refractivity contribution is 6.31. The summed E-state index contributed by atoms with van der Waals surface area (Å²) in [5.74, 6) is -0.779. The molecule has 0 spiro atoms. The molecule has 8 nitrogen and oxygen atoms in total. The zero-order chi connectivity index (χ0) is 18.8. The van der Waals surface area contributed by atoms with Crippen LogP contribution in [0.25, 0.3) is 0 Å². The molecule has 0 radical (unpaired) electrons. The van der Waals surface area contributed by atoms with Crippen LogP contribution in [0, 0.1) is 16.0 Å². The van der Waals surface area contributed by atoms with E-state index in [0.717, 1.165) is 25.5 Å². The number of hydrogen-bond donors (Lipinski definition) is 2. The predicted molar refractivity (Wildman–Crippen MR) is 94.3 cm³/mol. The Kier molecular flexibility index (Phi) is 5.43. The third-order valence-corrected chi connectivity index (χ3v) is 5.13. The maximum absolute atomic E-state index is 12.4. The zero-order valence-electron chi connectivity index (χ0n) is 14.1. The number of carboxylic acid groups (broad SMARTS) is 1. The molecular formula is C17H20ClN3O5. The first-order valence-corrected chi connectivity index (χ1v) is 8.92. The van der Waals surface area contributed by atoms with Gasteiger partial charge in [0.2, 0.25) is 0 Å². The first-order chi connectivity index (χ1) is 12.3. The molecule has 9 heteroatoms. The topological polar surface area (TPSA) is 113 Å². The third kappa shape index (κ3) is 4.50. The smallest absolute Gasteiger partial charge is 0.317 e. The van der Waals surface area contributed by atoms with Crippen LogP contribution in [-0.2, 0) is 4.79 Å². The minimum Gasteiger partial charge on any atom is -0.480 e. The minimum absolute atomic E-state index is 0.00445. The maximum atomic E-state index is 12.4. The Morgan fingerprint density at radius 3 is 2.62 bits per heavy atom. The van der Waals surface area contributed by atoms with Crippen molar-refractivity contribution in [2.24, 2.45) is 5.92 Å². The fraction of sp³-hybridized carbons (Fsp3) is 0.529. The number of benzene rings is 1. The summed E-state index contributed by atoms with van der Waals surface area (Å²) in [5, 5.41) is 23.2. The molecule has 2 N–H and O–H groups in total. The van der Waals surface area contributed by atoms with E-state index in [4.69, 9.17) is 16.7 Å². The summed E-state index contributed by atoms with van der Waals surface area (Å²) < 4.78 is 0. The number of carbonyl (C=O) groups excluding carboxylic acids is 1. The molecule has 0 saturated heterocycles. The monoisotopic (exact) mass is 381 g/mol. The van der Waals surface area contributed by atoms with Crippen molar-refractivity contribution in [1.82, 2.24) is 10.2 Å². The van der Waals surface area contributed by atoms with E-state index in [1.807, 2.05) is 4.90 Å². The Hall–Kier alpha value is -2.19. The molecule has 0 atom stereocenters. The lowest BCUT2D eigenvalue weighted by Gasteiger charge is -2.42. The number of hydrogen-bond acceptors (Lipinski definition) is 5. The van der Waals surface area contributed by atoms with Crippen LogP contribution >= 0.6 is 11.6 Å². The maximum Gasteiger partial charge on any atom is 0.317 e. The summed E-state index contributed by atoms with van der Waals surface area (Å²) in [7, 11) is 0. The van der Waals surface area contributed by atoms with Crippen LogP contribution in [0.4, 0.5) is 5.69 Å². The number of carboxylic acids is 1. The first kappa shape index (κ1) is 18.6. The lowest BCUT2D eigenvalue weighted by molar-refractivity contribution is -0.385. The summed E-state index contributed by atoms with van der Waals surface area (Å²) in [4.78, 5) is 35.8. The lowest BCUT2D eigenvalue weighted by Crippen LogP contribution is -2.55. The molecule has 0 heterocycles. The minimum atomic E-state index is -0.852. The zero-order valence-corrected chi connectivity index (χ0v) is 14.8. The Morgan fingerprint density at radius 2 is 2.04 bits per heavy atom. The normalized spacial score (nSPS) is 21.9. The molecule has 0 aromatic heterocycles. The highest BCUT2D eigenvalue weighted by Crippen LogP contribution is 2.34. The molecule has 2 aliphatic rings. The fourth-order valence-corrected chi connectivity index (χ4v) is 3.43. The molecule has 2 saturated carbocycles. The van der Waals surface area contributed by atoms with Gasteiger partial charge in [0.15, 0.2) is 0 Å². The van der Waals surface area contributed by atoms with Gasteiger partial charge in [-0.05, 0) is 43.7 Å². The van der Waals surface area contributed by atoms with Gasteiger partial charge in [0.1, 0.15) is 5.56 Å². The van der Waals surface area contributed by atoms with Crippen LogP contribution in [0.15, 0.2) is 18.2 Å². The molecule has 1 aromatic carbocycles. The molecule has 1 aromatic rings. The second-order valence-corrected chi connectivity index (χ2v) is 7.42. The van der Waals surface area contributed by atoms with Crippen molar-refractivity contribution < 1.29 is 19.6 Å². The molecule has 26 heavy (non-hydrogen) atoms. The molecule has 3 rings (SSSR count). The van der Waals surface area contributed by atoms with Crippen molar-refractivity contribution >= 4 is 29.2 Å². The molecule has 2 fully saturated rings. The Bertz CT molecular complexity index is 731. The van der Waals surface area contributed by atoms with Crippen molar-refractivity contribution in [2.45, 2.75) is 37.8 Å². The van der Waals surface area contributed by atoms with E-state index in [0.29, 0.717) is 18.8 Å². The number of aliphatic carboxylic acids is 1. The van der Waals surface area contributed by atoms with Crippen molar-refractivity contribution in [3.63, 3.8) is 0 Å². The lowest BCUT2D eigenvalue weighted by atomic mass is 9.85. The number of nitrogens with zero attached hydrogens (tertiary/aromatic N) is 2. The van der Waals surface area contributed by atoms with Gasteiger partial charge in [-0.15, -0.1) is 0 Å². The van der Waals surface area contributed by atoms with Gasteiger partial charge >= 0.3 is 5.97 Å². The van der Waals surface area contributed by atoms with Gasteiger partial charge in [-0.3, -0.25) is 24.6 Å². The van der Waals surface area contributed by atoms with Crippen LogP contribution in [0.1, 0.15) is 36.0 Å². The standard InChI is InChI=1S/C17H20ClN3O5/c18-11-3-4-14(15(5-11)21(25)26)17(24)19-12-6-13(7-12)20(9-16(22)23)8-10-1-2-10/h3-5,10,12-13H,1-2,6-9H2,(H,19,24)(H,22,23). The largest absolute Gasteiger partial charge is 0.480 e. The number of amides is 1. The van der Waals surface area contributed by atoms with Gasteiger partial charge in [0.05, 0.1) is 11.5 Å². The third-order valence-electron chi connectivity index (χ3n) is 4.89. The number of carbonyl (C=O) groups is 2. The molecule has 0 bridgehead atoms. The van der Waals surface area contributed by atoms with E-state index >= 15 is 0 Å². The predicted octanol–water partition coefficient (Wildman–Crippen LogP) is 2.31. The number of nitro groups is 1. The number of rotatable bonds is 8. The van der Waals surface area contributed by atoms with Crippen molar-refractivity contribution in [3.8, 4) is 0 Å². The number of halogens is 1. The van der Waals surface area contributed by atoms with Gasteiger partial charge in [0, 0.05) is 29.7 Å². The molecule has 0 unspecified atom stereocenters. The molecule has 2 aliphatic carbocycles. The first-order valence-electron chi connectivity index (χ1n) is 8.54. The van der Waals surface area contributed by atoms with Crippen LogP contribution in [0.5, 0.6) is 0 Å². The van der Waals surface area contributed by atoms with Gasteiger partial charge in [-0.1, -0.05) is 11.6 Å². The Labute approximate surface area is 155 Å². The van der Waals surface area contributed by atoms with Crippen LogP contribution in [0.3, 0.4) is 0 Å². The van der Waals surface area contributed by atoms with Crippen molar-refractivity contribution in [1.29, 1.82) is 0 Å².